The first-order chi connectivity index (χ1) is 9.92. The number of ether oxygens (including phenoxy) is 3. The largest absolute Gasteiger partial charge is 0.491 e. The molecule has 0 heterocycles. The molecule has 0 unspecified atom stereocenters. The number of methoxy groups -OCH3 is 1. The van der Waals surface area contributed by atoms with Gasteiger partial charge < -0.3 is 19.5 Å². The molecule has 0 aliphatic carbocycles. The van der Waals surface area contributed by atoms with Crippen LogP contribution in [0.1, 0.15) is 26.3 Å². The molecule has 0 radical (unpaired) electrons. The van der Waals surface area contributed by atoms with E-state index in [-0.39, 0.29) is 11.4 Å². The summed E-state index contributed by atoms with van der Waals surface area (Å²) in [6, 6.07) is 4.54. The van der Waals surface area contributed by atoms with Gasteiger partial charge in [0, 0.05) is 25.8 Å². The maximum Gasteiger partial charge on any atom is 0.124 e. The second-order valence-electron chi connectivity index (χ2n) is 5.73. The predicted molar refractivity (Wildman–Crippen MR) is 81.2 cm³/mol. The number of rotatable bonds is 9. The van der Waals surface area contributed by atoms with Crippen LogP contribution in [0.2, 0.25) is 0 Å². The molecule has 0 aromatic heterocycles. The lowest BCUT2D eigenvalue weighted by Crippen LogP contribution is -2.23. The Morgan fingerprint density at radius 1 is 1.14 bits per heavy atom. The number of benzene rings is 1. The molecule has 4 nitrogen and oxygen atoms in total. The summed E-state index contributed by atoms with van der Waals surface area (Å²) in [5.74, 6) is 0.413. The third-order valence-corrected chi connectivity index (χ3v) is 2.70. The molecule has 0 saturated heterocycles. The second kappa shape index (κ2) is 8.97. The smallest absolute Gasteiger partial charge is 0.124 e. The van der Waals surface area contributed by atoms with Crippen LogP contribution in [-0.4, -0.2) is 39.1 Å². The fraction of sp³-hybridized carbons (Fsp3) is 0.625. The van der Waals surface area contributed by atoms with Crippen molar-refractivity contribution in [2.75, 3.05) is 33.5 Å². The van der Waals surface area contributed by atoms with Gasteiger partial charge in [-0.2, -0.15) is 0 Å². The van der Waals surface area contributed by atoms with Crippen LogP contribution in [0.25, 0.3) is 0 Å². The fourth-order valence-corrected chi connectivity index (χ4v) is 1.72. The van der Waals surface area contributed by atoms with Crippen LogP contribution in [0.15, 0.2) is 18.2 Å². The van der Waals surface area contributed by atoms with Gasteiger partial charge >= 0.3 is 0 Å². The molecule has 1 aromatic rings. The number of halogens is 1. The molecule has 1 N–H and O–H groups in total. The van der Waals surface area contributed by atoms with Crippen molar-refractivity contribution in [1.29, 1.82) is 0 Å². The quantitative estimate of drug-likeness (QED) is 0.712. The summed E-state index contributed by atoms with van der Waals surface area (Å²) in [6.07, 6.45) is 0. The zero-order valence-electron chi connectivity index (χ0n) is 13.4. The summed E-state index contributed by atoms with van der Waals surface area (Å²) in [6.45, 7) is 8.79. The highest BCUT2D eigenvalue weighted by Gasteiger charge is 2.10. The maximum absolute atomic E-state index is 13.3. The predicted octanol–water partition coefficient (Wildman–Crippen LogP) is 2.76. The summed E-state index contributed by atoms with van der Waals surface area (Å²) in [5.41, 5.74) is 0.610. The van der Waals surface area contributed by atoms with E-state index in [1.807, 2.05) is 20.8 Å². The molecule has 0 spiro atoms. The normalized spacial score (nSPS) is 11.7. The van der Waals surface area contributed by atoms with Crippen LogP contribution in [0.3, 0.4) is 0 Å². The molecule has 0 aliphatic rings. The van der Waals surface area contributed by atoms with Crippen molar-refractivity contribution in [1.82, 2.24) is 5.32 Å². The standard InChI is InChI=1S/C16H26FNO3/c1-16(2,3)21-10-9-20-15-6-5-14(17)11-13(15)12-18-7-8-19-4/h5-6,11,18H,7-10,12H2,1-4H3. The third-order valence-electron chi connectivity index (χ3n) is 2.70. The molecule has 1 rings (SSSR count). The lowest BCUT2D eigenvalue weighted by molar-refractivity contribution is -0.0164. The summed E-state index contributed by atoms with van der Waals surface area (Å²) in [4.78, 5) is 0. The SMILES string of the molecule is COCCNCc1cc(F)ccc1OCCOC(C)(C)C. The molecule has 5 heteroatoms. The first-order valence-electron chi connectivity index (χ1n) is 7.17. The monoisotopic (exact) mass is 299 g/mol. The first-order valence-corrected chi connectivity index (χ1v) is 7.17. The summed E-state index contributed by atoms with van der Waals surface area (Å²) >= 11 is 0. The van der Waals surface area contributed by atoms with Gasteiger partial charge in [-0.15, -0.1) is 0 Å². The van der Waals surface area contributed by atoms with E-state index < -0.39 is 0 Å². The van der Waals surface area contributed by atoms with E-state index >= 15 is 0 Å². The maximum atomic E-state index is 13.3. The summed E-state index contributed by atoms with van der Waals surface area (Å²) in [5, 5.41) is 3.18. The Bertz CT molecular complexity index is 418. The van der Waals surface area contributed by atoms with Gasteiger partial charge in [-0.1, -0.05) is 0 Å². The van der Waals surface area contributed by atoms with Crippen molar-refractivity contribution in [2.24, 2.45) is 0 Å². The molecule has 0 fully saturated rings. The van der Waals surface area contributed by atoms with E-state index in [1.54, 1.807) is 13.2 Å². The molecule has 0 aliphatic heterocycles. The minimum Gasteiger partial charge on any atom is -0.491 e. The molecular formula is C16H26FNO3. The molecule has 21 heavy (non-hydrogen) atoms. The Hall–Kier alpha value is -1.17. The van der Waals surface area contributed by atoms with Gasteiger partial charge in [0.2, 0.25) is 0 Å². The van der Waals surface area contributed by atoms with Crippen molar-refractivity contribution in [3.05, 3.63) is 29.6 Å². The molecule has 120 valence electrons. The molecule has 0 atom stereocenters. The van der Waals surface area contributed by atoms with Crippen molar-refractivity contribution >= 4 is 0 Å². The van der Waals surface area contributed by atoms with Crippen molar-refractivity contribution < 1.29 is 18.6 Å². The lowest BCUT2D eigenvalue weighted by atomic mass is 10.2. The van der Waals surface area contributed by atoms with E-state index in [0.29, 0.717) is 38.7 Å². The second-order valence-corrected chi connectivity index (χ2v) is 5.73. The molecular weight excluding hydrogens is 273 g/mol. The Balaban J connectivity index is 2.48. The number of nitrogens with one attached hydrogen (secondary N) is 1. The molecule has 1 aromatic carbocycles. The zero-order valence-corrected chi connectivity index (χ0v) is 13.4. The van der Waals surface area contributed by atoms with Crippen LogP contribution in [0.4, 0.5) is 4.39 Å². The number of hydrogen-bond acceptors (Lipinski definition) is 4. The first kappa shape index (κ1) is 17.9. The highest BCUT2D eigenvalue weighted by Crippen LogP contribution is 2.19. The van der Waals surface area contributed by atoms with Crippen molar-refractivity contribution in [3.63, 3.8) is 0 Å². The molecule has 0 amide bonds. The van der Waals surface area contributed by atoms with E-state index in [2.05, 4.69) is 5.32 Å². The fourth-order valence-electron chi connectivity index (χ4n) is 1.72. The van der Waals surface area contributed by atoms with Gasteiger partial charge in [0.15, 0.2) is 0 Å². The average Bonchev–Trinajstić information content (AvgIpc) is 2.40. The zero-order chi connectivity index (χ0) is 15.7. The van der Waals surface area contributed by atoms with Gasteiger partial charge in [0.25, 0.3) is 0 Å². The summed E-state index contributed by atoms with van der Waals surface area (Å²) < 4.78 is 29.6. The highest BCUT2D eigenvalue weighted by atomic mass is 19.1. The van der Waals surface area contributed by atoms with Crippen LogP contribution in [0, 0.1) is 5.82 Å². The lowest BCUT2D eigenvalue weighted by Gasteiger charge is -2.20. The van der Waals surface area contributed by atoms with E-state index in [4.69, 9.17) is 14.2 Å². The van der Waals surface area contributed by atoms with Crippen molar-refractivity contribution in [2.45, 2.75) is 32.9 Å². The van der Waals surface area contributed by atoms with Gasteiger partial charge in [-0.05, 0) is 39.0 Å². The minimum absolute atomic E-state index is 0.184. The average molecular weight is 299 g/mol. The number of hydrogen-bond donors (Lipinski definition) is 1. The topological polar surface area (TPSA) is 39.7 Å². The van der Waals surface area contributed by atoms with Gasteiger partial charge in [0.05, 0.1) is 18.8 Å². The van der Waals surface area contributed by atoms with E-state index in [0.717, 1.165) is 5.56 Å². The summed E-state index contributed by atoms with van der Waals surface area (Å²) in [7, 11) is 1.65. The van der Waals surface area contributed by atoms with Gasteiger partial charge in [0.1, 0.15) is 18.2 Å². The van der Waals surface area contributed by atoms with Crippen LogP contribution in [-0.2, 0) is 16.0 Å². The van der Waals surface area contributed by atoms with Gasteiger partial charge in [-0.25, -0.2) is 4.39 Å². The van der Waals surface area contributed by atoms with Crippen molar-refractivity contribution in [3.8, 4) is 5.75 Å². The minimum atomic E-state index is -0.267. The molecule has 0 bridgehead atoms. The van der Waals surface area contributed by atoms with Crippen LogP contribution < -0.4 is 10.1 Å². The Labute approximate surface area is 126 Å². The third kappa shape index (κ3) is 7.99. The van der Waals surface area contributed by atoms with Crippen LogP contribution in [0.5, 0.6) is 5.75 Å². The Morgan fingerprint density at radius 3 is 2.57 bits per heavy atom. The highest BCUT2D eigenvalue weighted by molar-refractivity contribution is 5.33. The van der Waals surface area contributed by atoms with E-state index in [9.17, 15) is 4.39 Å². The van der Waals surface area contributed by atoms with Gasteiger partial charge in [-0.3, -0.25) is 0 Å². The van der Waals surface area contributed by atoms with E-state index in [1.165, 1.54) is 12.1 Å². The van der Waals surface area contributed by atoms with Crippen LogP contribution >= 0.6 is 0 Å². The molecule has 0 saturated carbocycles. The Morgan fingerprint density at radius 2 is 1.90 bits per heavy atom. The Kier molecular flexibility index (Phi) is 7.64.